The molecule has 0 bridgehead atoms. The molecule has 138 valence electrons. The second kappa shape index (κ2) is 9.46. The molecule has 1 fully saturated rings. The standard InChI is InChI=1S/C16H26N2O4S.ClH/c1-4-11-18(13-7-9-17-10-8-13)23(19,20)14-5-6-15(21-2)16(12-14)22-3;/h5-6,12-13,17H,4,7-11H2,1-3H3;1H. The first kappa shape index (κ1) is 21.0. The molecule has 0 atom stereocenters. The Morgan fingerprint density at radius 1 is 1.17 bits per heavy atom. The molecule has 8 heteroatoms. The molecule has 1 saturated heterocycles. The molecule has 2 rings (SSSR count). The number of ether oxygens (including phenoxy) is 2. The number of rotatable bonds is 7. The summed E-state index contributed by atoms with van der Waals surface area (Å²) < 4.78 is 38.3. The minimum atomic E-state index is -3.55. The summed E-state index contributed by atoms with van der Waals surface area (Å²) in [6.07, 6.45) is 2.47. The van der Waals surface area contributed by atoms with Crippen LogP contribution < -0.4 is 14.8 Å². The molecule has 0 saturated carbocycles. The molecule has 0 aliphatic carbocycles. The topological polar surface area (TPSA) is 67.9 Å². The third-order valence-electron chi connectivity index (χ3n) is 4.12. The molecule has 1 aromatic rings. The summed E-state index contributed by atoms with van der Waals surface area (Å²) in [5.41, 5.74) is 0. The predicted octanol–water partition coefficient (Wildman–Crippen LogP) is 2.28. The number of hydrogen-bond acceptors (Lipinski definition) is 5. The number of sulfonamides is 1. The van der Waals surface area contributed by atoms with E-state index < -0.39 is 10.0 Å². The van der Waals surface area contributed by atoms with Crippen LogP contribution >= 0.6 is 12.4 Å². The fourth-order valence-electron chi connectivity index (χ4n) is 2.93. The molecule has 24 heavy (non-hydrogen) atoms. The van der Waals surface area contributed by atoms with E-state index in [1.807, 2.05) is 6.92 Å². The van der Waals surface area contributed by atoms with Crippen LogP contribution in [0, 0.1) is 0 Å². The summed E-state index contributed by atoms with van der Waals surface area (Å²) in [7, 11) is -0.513. The van der Waals surface area contributed by atoms with Gasteiger partial charge in [0.15, 0.2) is 11.5 Å². The van der Waals surface area contributed by atoms with Gasteiger partial charge in [-0.05, 0) is 44.5 Å². The lowest BCUT2D eigenvalue weighted by Gasteiger charge is -2.33. The average Bonchev–Trinajstić information content (AvgIpc) is 2.59. The summed E-state index contributed by atoms with van der Waals surface area (Å²) in [4.78, 5) is 0.252. The smallest absolute Gasteiger partial charge is 0.243 e. The van der Waals surface area contributed by atoms with E-state index in [-0.39, 0.29) is 23.3 Å². The highest BCUT2D eigenvalue weighted by atomic mass is 35.5. The quantitative estimate of drug-likeness (QED) is 0.788. The van der Waals surface area contributed by atoms with E-state index in [4.69, 9.17) is 9.47 Å². The maximum absolute atomic E-state index is 13.1. The molecule has 0 radical (unpaired) electrons. The highest BCUT2D eigenvalue weighted by molar-refractivity contribution is 7.89. The molecule has 0 aromatic heterocycles. The van der Waals surface area contributed by atoms with E-state index in [0.717, 1.165) is 32.4 Å². The highest BCUT2D eigenvalue weighted by Crippen LogP contribution is 2.32. The van der Waals surface area contributed by atoms with E-state index in [2.05, 4.69) is 5.32 Å². The third kappa shape index (κ3) is 4.53. The zero-order valence-corrected chi connectivity index (χ0v) is 16.1. The van der Waals surface area contributed by atoms with Gasteiger partial charge in [0.25, 0.3) is 0 Å². The number of nitrogens with zero attached hydrogens (tertiary/aromatic N) is 1. The van der Waals surface area contributed by atoms with Gasteiger partial charge in [0.1, 0.15) is 0 Å². The van der Waals surface area contributed by atoms with E-state index in [9.17, 15) is 8.42 Å². The normalized spacial score (nSPS) is 15.8. The fraction of sp³-hybridized carbons (Fsp3) is 0.625. The van der Waals surface area contributed by atoms with Crippen LogP contribution in [0.4, 0.5) is 0 Å². The zero-order valence-electron chi connectivity index (χ0n) is 14.4. The van der Waals surface area contributed by atoms with Gasteiger partial charge < -0.3 is 14.8 Å². The Kier molecular flexibility index (Phi) is 8.29. The zero-order chi connectivity index (χ0) is 16.9. The van der Waals surface area contributed by atoms with Crippen molar-refractivity contribution < 1.29 is 17.9 Å². The lowest BCUT2D eigenvalue weighted by molar-refractivity contribution is 0.262. The molecule has 1 aliphatic heterocycles. The van der Waals surface area contributed by atoms with Crippen molar-refractivity contribution in [1.29, 1.82) is 0 Å². The number of nitrogens with one attached hydrogen (secondary N) is 1. The summed E-state index contributed by atoms with van der Waals surface area (Å²) in [6, 6.07) is 4.81. The Morgan fingerprint density at radius 3 is 2.33 bits per heavy atom. The molecule has 1 aliphatic rings. The van der Waals surface area contributed by atoms with Crippen molar-refractivity contribution in [1.82, 2.24) is 9.62 Å². The summed E-state index contributed by atoms with van der Waals surface area (Å²) in [5, 5.41) is 3.28. The average molecular weight is 379 g/mol. The maximum atomic E-state index is 13.1. The van der Waals surface area contributed by atoms with E-state index in [0.29, 0.717) is 18.0 Å². The molecule has 0 amide bonds. The number of piperidine rings is 1. The molecular weight excluding hydrogens is 352 g/mol. The van der Waals surface area contributed by atoms with Crippen LogP contribution in [0.3, 0.4) is 0 Å². The lowest BCUT2D eigenvalue weighted by atomic mass is 10.1. The van der Waals surface area contributed by atoms with Gasteiger partial charge in [-0.25, -0.2) is 8.42 Å². The highest BCUT2D eigenvalue weighted by Gasteiger charge is 2.32. The third-order valence-corrected chi connectivity index (χ3v) is 6.07. The van der Waals surface area contributed by atoms with E-state index >= 15 is 0 Å². The Hall–Kier alpha value is -1.02. The second-order valence-corrected chi connectivity index (χ2v) is 7.50. The first-order valence-corrected chi connectivity index (χ1v) is 9.43. The Morgan fingerprint density at radius 2 is 1.79 bits per heavy atom. The van der Waals surface area contributed by atoms with Crippen molar-refractivity contribution in [3.05, 3.63) is 18.2 Å². The van der Waals surface area contributed by atoms with Crippen LogP contribution in [0.5, 0.6) is 11.5 Å². The Balaban J connectivity index is 0.00000288. The van der Waals surface area contributed by atoms with Gasteiger partial charge in [-0.1, -0.05) is 6.92 Å². The van der Waals surface area contributed by atoms with Crippen molar-refractivity contribution in [3.63, 3.8) is 0 Å². The monoisotopic (exact) mass is 378 g/mol. The molecular formula is C16H27ClN2O4S. The number of methoxy groups -OCH3 is 2. The maximum Gasteiger partial charge on any atom is 0.243 e. The molecule has 6 nitrogen and oxygen atoms in total. The summed E-state index contributed by atoms with van der Waals surface area (Å²) in [6.45, 7) is 4.23. The van der Waals surface area contributed by atoms with Crippen molar-refractivity contribution in [2.75, 3.05) is 33.9 Å². The molecule has 1 aromatic carbocycles. The summed E-state index contributed by atoms with van der Waals surface area (Å²) in [5.74, 6) is 0.950. The van der Waals surface area contributed by atoms with Gasteiger partial charge in [-0.15, -0.1) is 12.4 Å². The second-order valence-electron chi connectivity index (χ2n) is 5.61. The van der Waals surface area contributed by atoms with Crippen molar-refractivity contribution in [2.45, 2.75) is 37.1 Å². The van der Waals surface area contributed by atoms with Crippen LogP contribution in [0.1, 0.15) is 26.2 Å². The van der Waals surface area contributed by atoms with Crippen LogP contribution in [0.25, 0.3) is 0 Å². The molecule has 0 spiro atoms. The number of benzene rings is 1. The van der Waals surface area contributed by atoms with Crippen molar-refractivity contribution >= 4 is 22.4 Å². The van der Waals surface area contributed by atoms with Crippen molar-refractivity contribution in [2.24, 2.45) is 0 Å². The SMILES string of the molecule is CCCN(C1CCNCC1)S(=O)(=O)c1ccc(OC)c(OC)c1.Cl. The van der Waals surface area contributed by atoms with Gasteiger partial charge in [0.05, 0.1) is 19.1 Å². The van der Waals surface area contributed by atoms with Crippen molar-refractivity contribution in [3.8, 4) is 11.5 Å². The van der Waals surface area contributed by atoms with Gasteiger partial charge >= 0.3 is 0 Å². The number of hydrogen-bond donors (Lipinski definition) is 1. The lowest BCUT2D eigenvalue weighted by Crippen LogP contribution is -2.46. The van der Waals surface area contributed by atoms with Crippen LogP contribution in [-0.4, -0.2) is 52.6 Å². The Labute approximate surface area is 151 Å². The largest absolute Gasteiger partial charge is 0.493 e. The predicted molar refractivity (Wildman–Crippen MR) is 96.9 cm³/mol. The number of halogens is 1. The van der Waals surface area contributed by atoms with Crippen LogP contribution in [0.15, 0.2) is 23.1 Å². The van der Waals surface area contributed by atoms with Crippen LogP contribution in [0.2, 0.25) is 0 Å². The summed E-state index contributed by atoms with van der Waals surface area (Å²) >= 11 is 0. The molecule has 0 unspecified atom stereocenters. The van der Waals surface area contributed by atoms with Gasteiger partial charge in [0, 0.05) is 18.7 Å². The fourth-order valence-corrected chi connectivity index (χ4v) is 4.72. The first-order valence-electron chi connectivity index (χ1n) is 7.99. The van der Waals surface area contributed by atoms with Crippen LogP contribution in [-0.2, 0) is 10.0 Å². The van der Waals surface area contributed by atoms with E-state index in [1.54, 1.807) is 16.4 Å². The minimum Gasteiger partial charge on any atom is -0.493 e. The van der Waals surface area contributed by atoms with Gasteiger partial charge in [0.2, 0.25) is 10.0 Å². The van der Waals surface area contributed by atoms with Gasteiger partial charge in [-0.3, -0.25) is 0 Å². The molecule has 1 N–H and O–H groups in total. The Bertz CT molecular complexity index is 619. The van der Waals surface area contributed by atoms with Gasteiger partial charge in [-0.2, -0.15) is 4.31 Å². The first-order chi connectivity index (χ1) is 11.0. The molecule has 1 heterocycles. The minimum absolute atomic E-state index is 0. The van der Waals surface area contributed by atoms with E-state index in [1.165, 1.54) is 20.3 Å².